The Morgan fingerprint density at radius 2 is 1.94 bits per heavy atom. The molecule has 1 N–H and O–H groups in total. The maximum absolute atomic E-state index is 12.9. The van der Waals surface area contributed by atoms with Crippen molar-refractivity contribution >= 4 is 17.6 Å². The Labute approximate surface area is 106 Å². The van der Waals surface area contributed by atoms with E-state index in [0.717, 1.165) is 0 Å². The molecular weight excluding hydrogens is 273 g/mol. The molecule has 0 aliphatic carbocycles. The van der Waals surface area contributed by atoms with Gasteiger partial charge in [-0.15, -0.1) is 5.10 Å². The number of carbonyl (C=O) groups is 1. The lowest BCUT2D eigenvalue weighted by Crippen LogP contribution is -2.25. The Morgan fingerprint density at radius 1 is 1.39 bits per heavy atom. The highest BCUT2D eigenvalue weighted by molar-refractivity contribution is 6.30. The average Bonchev–Trinajstić information content (AvgIpc) is 2.21. The SMILES string of the molecule is Cc1nnc(Cl)c(C(CC(=O)O)C(F)(F)F)c1C. The number of nitrogens with zero attached hydrogens (tertiary/aromatic N) is 2. The van der Waals surface area contributed by atoms with E-state index >= 15 is 0 Å². The highest BCUT2D eigenvalue weighted by Gasteiger charge is 2.44. The summed E-state index contributed by atoms with van der Waals surface area (Å²) < 4.78 is 38.7. The zero-order valence-electron chi connectivity index (χ0n) is 9.55. The first-order valence-corrected chi connectivity index (χ1v) is 5.30. The van der Waals surface area contributed by atoms with E-state index in [1.165, 1.54) is 13.8 Å². The number of aromatic nitrogens is 2. The zero-order chi connectivity index (χ0) is 14.1. The predicted octanol–water partition coefficient (Wildman–Crippen LogP) is 2.87. The minimum atomic E-state index is -4.71. The summed E-state index contributed by atoms with van der Waals surface area (Å²) in [6.45, 7) is 2.89. The van der Waals surface area contributed by atoms with Gasteiger partial charge in [0.2, 0.25) is 0 Å². The standard InChI is InChI=1S/C10H10ClF3N2O2/c1-4-5(2)15-16-9(11)8(4)6(3-7(17)18)10(12,13)14/h6H,3H2,1-2H3,(H,17,18). The molecule has 1 aromatic heterocycles. The number of aryl methyl sites for hydroxylation is 1. The maximum Gasteiger partial charge on any atom is 0.396 e. The van der Waals surface area contributed by atoms with Gasteiger partial charge in [-0.1, -0.05) is 11.6 Å². The second-order valence-electron chi connectivity index (χ2n) is 3.81. The molecule has 0 aliphatic heterocycles. The number of rotatable bonds is 3. The first-order valence-electron chi connectivity index (χ1n) is 4.92. The van der Waals surface area contributed by atoms with Gasteiger partial charge >= 0.3 is 12.1 Å². The van der Waals surface area contributed by atoms with Crippen molar-refractivity contribution in [3.63, 3.8) is 0 Å². The minimum Gasteiger partial charge on any atom is -0.481 e. The predicted molar refractivity (Wildman–Crippen MR) is 57.6 cm³/mol. The quantitative estimate of drug-likeness (QED) is 0.926. The first-order chi connectivity index (χ1) is 8.14. The van der Waals surface area contributed by atoms with Gasteiger partial charge in [0, 0.05) is 5.56 Å². The van der Waals surface area contributed by atoms with Crippen molar-refractivity contribution in [3.05, 3.63) is 22.0 Å². The van der Waals surface area contributed by atoms with Crippen molar-refractivity contribution in [2.45, 2.75) is 32.4 Å². The second kappa shape index (κ2) is 5.09. The van der Waals surface area contributed by atoms with Crippen LogP contribution in [-0.4, -0.2) is 27.4 Å². The van der Waals surface area contributed by atoms with Crippen LogP contribution in [0.5, 0.6) is 0 Å². The van der Waals surface area contributed by atoms with E-state index < -0.39 is 29.6 Å². The van der Waals surface area contributed by atoms with Gasteiger partial charge in [-0.2, -0.15) is 18.3 Å². The normalized spacial score (nSPS) is 13.4. The molecule has 0 amide bonds. The molecule has 8 heteroatoms. The number of carboxylic acid groups (broad SMARTS) is 1. The maximum atomic E-state index is 12.9. The first kappa shape index (κ1) is 14.7. The Bertz CT molecular complexity index is 477. The molecule has 4 nitrogen and oxygen atoms in total. The van der Waals surface area contributed by atoms with Crippen LogP contribution < -0.4 is 0 Å². The summed E-state index contributed by atoms with van der Waals surface area (Å²) in [5.74, 6) is -3.74. The smallest absolute Gasteiger partial charge is 0.396 e. The molecule has 0 saturated carbocycles. The van der Waals surface area contributed by atoms with Crippen molar-refractivity contribution < 1.29 is 23.1 Å². The van der Waals surface area contributed by atoms with Crippen LogP contribution in [0.25, 0.3) is 0 Å². The molecule has 1 rings (SSSR count). The molecule has 0 aliphatic rings. The van der Waals surface area contributed by atoms with Gasteiger partial charge in [0.1, 0.15) is 0 Å². The number of hydrogen-bond donors (Lipinski definition) is 1. The highest BCUT2D eigenvalue weighted by Crippen LogP contribution is 2.41. The van der Waals surface area contributed by atoms with Crippen LogP contribution >= 0.6 is 11.6 Å². The third-order valence-electron chi connectivity index (χ3n) is 2.58. The molecule has 1 unspecified atom stereocenters. The third kappa shape index (κ3) is 3.10. The van der Waals surface area contributed by atoms with Crippen molar-refractivity contribution in [2.75, 3.05) is 0 Å². The lowest BCUT2D eigenvalue weighted by molar-refractivity contribution is -0.163. The van der Waals surface area contributed by atoms with Gasteiger partial charge in [0.25, 0.3) is 0 Å². The Morgan fingerprint density at radius 3 is 2.39 bits per heavy atom. The Balaban J connectivity index is 3.38. The lowest BCUT2D eigenvalue weighted by Gasteiger charge is -2.21. The second-order valence-corrected chi connectivity index (χ2v) is 4.16. The number of aliphatic carboxylic acids is 1. The third-order valence-corrected chi connectivity index (χ3v) is 2.86. The van der Waals surface area contributed by atoms with E-state index in [0.29, 0.717) is 0 Å². The molecule has 1 heterocycles. The molecule has 0 bridgehead atoms. The zero-order valence-corrected chi connectivity index (χ0v) is 10.3. The lowest BCUT2D eigenvalue weighted by atomic mass is 9.92. The van der Waals surface area contributed by atoms with E-state index in [1.807, 2.05) is 0 Å². The Hall–Kier alpha value is -1.37. The van der Waals surface area contributed by atoms with E-state index in [2.05, 4.69) is 10.2 Å². The average molecular weight is 283 g/mol. The van der Waals surface area contributed by atoms with Crippen LogP contribution in [0.4, 0.5) is 13.2 Å². The van der Waals surface area contributed by atoms with E-state index in [9.17, 15) is 18.0 Å². The van der Waals surface area contributed by atoms with Gasteiger partial charge < -0.3 is 5.11 Å². The molecule has 0 spiro atoms. The van der Waals surface area contributed by atoms with Crippen LogP contribution in [0.15, 0.2) is 0 Å². The molecule has 0 fully saturated rings. The minimum absolute atomic E-state index is 0.207. The molecule has 18 heavy (non-hydrogen) atoms. The molecule has 100 valence electrons. The molecular formula is C10H10ClF3N2O2. The topological polar surface area (TPSA) is 63.1 Å². The number of carboxylic acids is 1. The fraction of sp³-hybridized carbons (Fsp3) is 0.500. The van der Waals surface area contributed by atoms with Crippen LogP contribution in [0.3, 0.4) is 0 Å². The highest BCUT2D eigenvalue weighted by atomic mass is 35.5. The summed E-state index contributed by atoms with van der Waals surface area (Å²) in [5, 5.41) is 15.2. The molecule has 0 saturated heterocycles. The monoisotopic (exact) mass is 282 g/mol. The van der Waals surface area contributed by atoms with Crippen molar-refractivity contribution in [3.8, 4) is 0 Å². The number of hydrogen-bond acceptors (Lipinski definition) is 3. The van der Waals surface area contributed by atoms with Crippen LogP contribution in [0.1, 0.15) is 29.2 Å². The van der Waals surface area contributed by atoms with Crippen molar-refractivity contribution in [2.24, 2.45) is 0 Å². The van der Waals surface area contributed by atoms with Crippen LogP contribution in [0.2, 0.25) is 5.15 Å². The fourth-order valence-electron chi connectivity index (χ4n) is 1.56. The summed E-state index contributed by atoms with van der Waals surface area (Å²) in [7, 11) is 0. The molecule has 0 radical (unpaired) electrons. The summed E-state index contributed by atoms with van der Waals surface area (Å²) in [4.78, 5) is 10.6. The Kier molecular flexibility index (Phi) is 4.16. The van der Waals surface area contributed by atoms with Crippen LogP contribution in [-0.2, 0) is 4.79 Å². The van der Waals surface area contributed by atoms with E-state index in [-0.39, 0.29) is 16.8 Å². The fourth-order valence-corrected chi connectivity index (χ4v) is 1.87. The summed E-state index contributed by atoms with van der Waals surface area (Å²) in [6.07, 6.45) is -5.79. The number of halogens is 4. The molecule has 1 aromatic rings. The van der Waals surface area contributed by atoms with Gasteiger partial charge in [-0.05, 0) is 19.4 Å². The van der Waals surface area contributed by atoms with E-state index in [1.54, 1.807) is 0 Å². The summed E-state index contributed by atoms with van der Waals surface area (Å²) in [6, 6.07) is 0. The summed E-state index contributed by atoms with van der Waals surface area (Å²) >= 11 is 5.62. The summed E-state index contributed by atoms with van der Waals surface area (Å²) in [5.41, 5.74) is 0.173. The number of alkyl halides is 3. The van der Waals surface area contributed by atoms with Gasteiger partial charge in [0.05, 0.1) is 18.0 Å². The van der Waals surface area contributed by atoms with E-state index in [4.69, 9.17) is 16.7 Å². The van der Waals surface area contributed by atoms with Crippen LogP contribution in [0, 0.1) is 13.8 Å². The largest absolute Gasteiger partial charge is 0.481 e. The van der Waals surface area contributed by atoms with Gasteiger partial charge in [-0.25, -0.2) is 0 Å². The molecule has 1 atom stereocenters. The van der Waals surface area contributed by atoms with Crippen molar-refractivity contribution in [1.29, 1.82) is 0 Å². The van der Waals surface area contributed by atoms with Gasteiger partial charge in [-0.3, -0.25) is 4.79 Å². The van der Waals surface area contributed by atoms with Crippen molar-refractivity contribution in [1.82, 2.24) is 10.2 Å². The molecule has 0 aromatic carbocycles. The van der Waals surface area contributed by atoms with Gasteiger partial charge in [0.15, 0.2) is 5.15 Å².